The molecule has 0 fully saturated rings. The lowest BCUT2D eigenvalue weighted by Gasteiger charge is -2.12. The summed E-state index contributed by atoms with van der Waals surface area (Å²) in [6, 6.07) is 5.59. The lowest BCUT2D eigenvalue weighted by molar-refractivity contribution is -0.151. The van der Waals surface area contributed by atoms with E-state index in [9.17, 15) is 14.4 Å². The van der Waals surface area contributed by atoms with Crippen molar-refractivity contribution in [1.29, 1.82) is 0 Å². The monoisotopic (exact) mass is 336 g/mol. The van der Waals surface area contributed by atoms with Gasteiger partial charge >= 0.3 is 12.0 Å². The van der Waals surface area contributed by atoms with Gasteiger partial charge in [-0.3, -0.25) is 14.9 Å². The molecule has 3 amide bonds. The third-order valence-electron chi connectivity index (χ3n) is 3.57. The van der Waals surface area contributed by atoms with Crippen molar-refractivity contribution >= 4 is 29.7 Å². The summed E-state index contributed by atoms with van der Waals surface area (Å²) >= 11 is 1.38. The molecule has 2 N–H and O–H groups in total. The van der Waals surface area contributed by atoms with Crippen LogP contribution in [0.2, 0.25) is 0 Å². The Morgan fingerprint density at radius 2 is 2.00 bits per heavy atom. The van der Waals surface area contributed by atoms with Crippen molar-refractivity contribution in [2.45, 2.75) is 37.2 Å². The lowest BCUT2D eigenvalue weighted by Crippen LogP contribution is -2.43. The number of amides is 3. The summed E-state index contributed by atoms with van der Waals surface area (Å²) in [5.74, 6) is -1.02. The SMILES string of the molecule is CNC(=O)NC(=O)[C@@H](C)OC(=O)CSc1ccc2c(c1)CCC2. The summed E-state index contributed by atoms with van der Waals surface area (Å²) in [6.07, 6.45) is 2.38. The number of esters is 1. The highest BCUT2D eigenvalue weighted by molar-refractivity contribution is 8.00. The molecule has 0 radical (unpaired) electrons. The lowest BCUT2D eigenvalue weighted by atomic mass is 10.1. The number of rotatable bonds is 5. The summed E-state index contributed by atoms with van der Waals surface area (Å²) < 4.78 is 5.02. The number of carbonyl (C=O) groups excluding carboxylic acids is 3. The van der Waals surface area contributed by atoms with Gasteiger partial charge in [0, 0.05) is 11.9 Å². The van der Waals surface area contributed by atoms with Crippen molar-refractivity contribution in [2.24, 2.45) is 0 Å². The van der Waals surface area contributed by atoms with Gasteiger partial charge in [0.25, 0.3) is 5.91 Å². The van der Waals surface area contributed by atoms with E-state index in [1.165, 1.54) is 43.3 Å². The summed E-state index contributed by atoms with van der Waals surface area (Å²) in [5.41, 5.74) is 2.73. The minimum atomic E-state index is -1.01. The number of hydrogen-bond acceptors (Lipinski definition) is 5. The van der Waals surface area contributed by atoms with E-state index < -0.39 is 24.0 Å². The Labute approximate surface area is 139 Å². The molecule has 1 aromatic carbocycles. The average molecular weight is 336 g/mol. The van der Waals surface area contributed by atoms with Crippen LogP contribution in [-0.4, -0.2) is 36.8 Å². The van der Waals surface area contributed by atoms with Crippen LogP contribution in [0.3, 0.4) is 0 Å². The van der Waals surface area contributed by atoms with Gasteiger partial charge < -0.3 is 10.1 Å². The third-order valence-corrected chi connectivity index (χ3v) is 4.54. The zero-order valence-corrected chi connectivity index (χ0v) is 14.0. The number of hydrogen-bond donors (Lipinski definition) is 2. The Morgan fingerprint density at radius 1 is 1.26 bits per heavy atom. The quantitative estimate of drug-likeness (QED) is 0.631. The van der Waals surface area contributed by atoms with Gasteiger partial charge in [-0.15, -0.1) is 11.8 Å². The van der Waals surface area contributed by atoms with E-state index in [2.05, 4.69) is 22.8 Å². The van der Waals surface area contributed by atoms with Crippen LogP contribution in [0.5, 0.6) is 0 Å². The van der Waals surface area contributed by atoms with Gasteiger partial charge in [-0.25, -0.2) is 4.79 Å². The second kappa shape index (κ2) is 8.01. The highest BCUT2D eigenvalue weighted by Crippen LogP contribution is 2.27. The highest BCUT2D eigenvalue weighted by atomic mass is 32.2. The number of benzene rings is 1. The summed E-state index contributed by atoms with van der Waals surface area (Å²) in [6.45, 7) is 1.43. The molecule has 1 aromatic rings. The number of imide groups is 1. The van der Waals surface area contributed by atoms with Crippen molar-refractivity contribution in [1.82, 2.24) is 10.6 Å². The largest absolute Gasteiger partial charge is 0.452 e. The van der Waals surface area contributed by atoms with Crippen LogP contribution >= 0.6 is 11.8 Å². The van der Waals surface area contributed by atoms with Crippen molar-refractivity contribution in [3.63, 3.8) is 0 Å². The fraction of sp³-hybridized carbons (Fsp3) is 0.438. The molecule has 0 aromatic heterocycles. The maximum Gasteiger partial charge on any atom is 0.321 e. The van der Waals surface area contributed by atoms with Crippen molar-refractivity contribution in [2.75, 3.05) is 12.8 Å². The predicted octanol–water partition coefficient (Wildman–Crippen LogP) is 1.65. The zero-order valence-electron chi connectivity index (χ0n) is 13.2. The van der Waals surface area contributed by atoms with E-state index in [1.54, 1.807) is 0 Å². The molecule has 6 nitrogen and oxygen atoms in total. The maximum atomic E-state index is 11.8. The Bertz CT molecular complexity index is 618. The molecule has 2 rings (SSSR count). The van der Waals surface area contributed by atoms with Crippen LogP contribution < -0.4 is 10.6 Å². The van der Waals surface area contributed by atoms with E-state index in [4.69, 9.17) is 4.74 Å². The fourth-order valence-electron chi connectivity index (χ4n) is 2.34. The Balaban J connectivity index is 1.78. The number of nitrogens with one attached hydrogen (secondary N) is 2. The minimum Gasteiger partial charge on any atom is -0.452 e. The van der Waals surface area contributed by atoms with Crippen LogP contribution in [0.15, 0.2) is 23.1 Å². The van der Waals surface area contributed by atoms with E-state index in [0.717, 1.165) is 17.7 Å². The molecule has 1 aliphatic rings. The summed E-state index contributed by atoms with van der Waals surface area (Å²) in [7, 11) is 1.40. The van der Waals surface area contributed by atoms with Crippen molar-refractivity contribution in [3.05, 3.63) is 29.3 Å². The smallest absolute Gasteiger partial charge is 0.321 e. The van der Waals surface area contributed by atoms with Gasteiger partial charge in [0.15, 0.2) is 6.10 Å². The van der Waals surface area contributed by atoms with E-state index in [-0.39, 0.29) is 5.75 Å². The molecule has 1 aliphatic carbocycles. The molecule has 1 atom stereocenters. The van der Waals surface area contributed by atoms with Crippen molar-refractivity contribution < 1.29 is 19.1 Å². The number of carbonyl (C=O) groups is 3. The molecule has 23 heavy (non-hydrogen) atoms. The molecule has 0 saturated heterocycles. The molecular weight excluding hydrogens is 316 g/mol. The number of ether oxygens (including phenoxy) is 1. The minimum absolute atomic E-state index is 0.121. The standard InChI is InChI=1S/C16H20N2O4S/c1-10(15(20)18-16(21)17-2)22-14(19)9-23-13-7-6-11-4-3-5-12(11)8-13/h6-8,10H,3-5,9H2,1-2H3,(H2,17,18,20,21)/t10-/m1/s1. The van der Waals surface area contributed by atoms with Gasteiger partial charge in [0.2, 0.25) is 0 Å². The number of urea groups is 1. The van der Waals surface area contributed by atoms with E-state index in [0.29, 0.717) is 0 Å². The number of aryl methyl sites for hydroxylation is 2. The van der Waals surface area contributed by atoms with Gasteiger partial charge in [0.1, 0.15) is 0 Å². The zero-order chi connectivity index (χ0) is 16.8. The van der Waals surface area contributed by atoms with E-state index in [1.807, 2.05) is 6.07 Å². The molecule has 7 heteroatoms. The molecule has 0 aliphatic heterocycles. The van der Waals surface area contributed by atoms with Gasteiger partial charge in [-0.05, 0) is 49.4 Å². The van der Waals surface area contributed by atoms with Crippen LogP contribution in [0.25, 0.3) is 0 Å². The molecule has 124 valence electrons. The Hall–Kier alpha value is -2.02. The highest BCUT2D eigenvalue weighted by Gasteiger charge is 2.19. The summed E-state index contributed by atoms with van der Waals surface area (Å²) in [4.78, 5) is 35.4. The van der Waals surface area contributed by atoms with Crippen molar-refractivity contribution in [3.8, 4) is 0 Å². The molecule has 0 spiro atoms. The van der Waals surface area contributed by atoms with Crippen LogP contribution in [0, 0.1) is 0 Å². The first kappa shape index (κ1) is 17.3. The topological polar surface area (TPSA) is 84.5 Å². The molecule has 0 unspecified atom stereocenters. The first-order chi connectivity index (χ1) is 11.0. The third kappa shape index (κ3) is 4.99. The average Bonchev–Trinajstić information content (AvgIpc) is 3.00. The van der Waals surface area contributed by atoms with Gasteiger partial charge in [-0.2, -0.15) is 0 Å². The first-order valence-corrected chi connectivity index (χ1v) is 8.45. The van der Waals surface area contributed by atoms with Crippen LogP contribution in [0.4, 0.5) is 4.79 Å². The first-order valence-electron chi connectivity index (χ1n) is 7.46. The van der Waals surface area contributed by atoms with Crippen LogP contribution in [-0.2, 0) is 27.2 Å². The molecule has 0 saturated carbocycles. The second-order valence-corrected chi connectivity index (χ2v) is 6.32. The maximum absolute atomic E-state index is 11.8. The molecule has 0 heterocycles. The number of fused-ring (bicyclic) bond motifs is 1. The normalized spacial score (nSPS) is 13.8. The summed E-state index contributed by atoms with van der Waals surface area (Å²) in [5, 5.41) is 4.32. The number of thioether (sulfide) groups is 1. The molecule has 0 bridgehead atoms. The Kier molecular flexibility index (Phi) is 6.04. The fourth-order valence-corrected chi connectivity index (χ4v) is 3.08. The van der Waals surface area contributed by atoms with E-state index >= 15 is 0 Å². The predicted molar refractivity (Wildman–Crippen MR) is 87.3 cm³/mol. The molecular formula is C16H20N2O4S. The van der Waals surface area contributed by atoms with Gasteiger partial charge in [-0.1, -0.05) is 6.07 Å². The van der Waals surface area contributed by atoms with Gasteiger partial charge in [0.05, 0.1) is 5.75 Å². The Morgan fingerprint density at radius 3 is 2.74 bits per heavy atom. The van der Waals surface area contributed by atoms with Crippen LogP contribution in [0.1, 0.15) is 24.5 Å². The second-order valence-electron chi connectivity index (χ2n) is 5.27.